The highest BCUT2D eigenvalue weighted by Crippen LogP contribution is 2.75. The van der Waals surface area contributed by atoms with Gasteiger partial charge in [0.2, 0.25) is 0 Å². The summed E-state index contributed by atoms with van der Waals surface area (Å²) in [5.41, 5.74) is 1.23. The first kappa shape index (κ1) is 25.3. The second-order valence-corrected chi connectivity index (χ2v) is 15.0. The van der Waals surface area contributed by atoms with Gasteiger partial charge in [-0.15, -0.1) is 0 Å². The molecule has 0 aromatic rings. The van der Waals surface area contributed by atoms with Crippen molar-refractivity contribution in [2.75, 3.05) is 0 Å². The molecule has 0 bridgehead atoms. The summed E-state index contributed by atoms with van der Waals surface area (Å²) in [6, 6.07) is 0. The van der Waals surface area contributed by atoms with Gasteiger partial charge < -0.3 is 15.4 Å². The maximum absolute atomic E-state index is 12.8. The summed E-state index contributed by atoms with van der Waals surface area (Å²) in [4.78, 5) is 12.8. The first-order valence-electron chi connectivity index (χ1n) is 13.9. The van der Waals surface area contributed by atoms with E-state index < -0.39 is 17.5 Å². The van der Waals surface area contributed by atoms with Crippen molar-refractivity contribution < 1.29 is 20.2 Å². The summed E-state index contributed by atoms with van der Waals surface area (Å²) >= 11 is 0. The number of fused-ring (bicyclic) bond motifs is 7. The van der Waals surface area contributed by atoms with E-state index in [1.54, 1.807) is 0 Å². The van der Waals surface area contributed by atoms with Crippen LogP contribution in [0.4, 0.5) is 0 Å². The molecule has 5 aliphatic rings. The van der Waals surface area contributed by atoms with Crippen molar-refractivity contribution in [2.45, 2.75) is 112 Å². The molecule has 5 aliphatic carbocycles. The number of carboxylic acid groups (broad SMARTS) is 1. The molecular formula is C30H47NO4. The quantitative estimate of drug-likeness (QED) is 0.220. The van der Waals surface area contributed by atoms with Gasteiger partial charge >= 0.3 is 5.97 Å². The third-order valence-corrected chi connectivity index (χ3v) is 13.0. The maximum atomic E-state index is 12.8. The molecule has 0 aliphatic heterocycles. The second-order valence-electron chi connectivity index (χ2n) is 15.0. The van der Waals surface area contributed by atoms with Gasteiger partial charge in [-0.25, -0.2) is 0 Å². The lowest BCUT2D eigenvalue weighted by Gasteiger charge is -2.71. The van der Waals surface area contributed by atoms with Crippen LogP contribution in [0.2, 0.25) is 0 Å². The molecule has 0 heterocycles. The van der Waals surface area contributed by atoms with Crippen LogP contribution in [0.3, 0.4) is 0 Å². The molecule has 0 aromatic carbocycles. The number of allylic oxidation sites excluding steroid dienone is 2. The minimum atomic E-state index is -1.05. The van der Waals surface area contributed by atoms with Crippen LogP contribution in [-0.4, -0.2) is 33.2 Å². The molecule has 0 radical (unpaired) electrons. The lowest BCUT2D eigenvalue weighted by atomic mass is 9.33. The number of aliphatic hydroxyl groups is 1. The van der Waals surface area contributed by atoms with Crippen molar-refractivity contribution >= 4 is 11.7 Å². The fourth-order valence-electron chi connectivity index (χ4n) is 10.8. The molecule has 8 atom stereocenters. The van der Waals surface area contributed by atoms with Crippen molar-refractivity contribution in [3.8, 4) is 0 Å². The van der Waals surface area contributed by atoms with Gasteiger partial charge in [0.05, 0.1) is 11.8 Å². The van der Waals surface area contributed by atoms with Gasteiger partial charge in [-0.2, -0.15) is 0 Å². The Balaban J connectivity index is 1.61. The lowest BCUT2D eigenvalue weighted by Crippen LogP contribution is -2.66. The summed E-state index contributed by atoms with van der Waals surface area (Å²) in [5, 5.41) is 35.3. The van der Waals surface area contributed by atoms with Crippen LogP contribution < -0.4 is 0 Å². The SMILES string of the molecule is CC1(C)CC2C3=CCC4[C@@]5(C)CC/C(=N\O)C(C)(C)C5CC[C@@]4(C)[C@]3(C)CC[C@@]2(C(=O)O)[C@H](O)C1. The van der Waals surface area contributed by atoms with Crippen LogP contribution in [0.5, 0.6) is 0 Å². The Morgan fingerprint density at radius 3 is 2.29 bits per heavy atom. The molecule has 4 fully saturated rings. The number of carboxylic acids is 1. The maximum Gasteiger partial charge on any atom is 0.312 e. The van der Waals surface area contributed by atoms with Gasteiger partial charge in [0.1, 0.15) is 5.41 Å². The minimum Gasteiger partial charge on any atom is -0.481 e. The van der Waals surface area contributed by atoms with Crippen molar-refractivity contribution in [1.82, 2.24) is 0 Å². The van der Waals surface area contributed by atoms with E-state index in [1.807, 2.05) is 0 Å². The summed E-state index contributed by atoms with van der Waals surface area (Å²) in [6.07, 6.45) is 9.55. The Bertz CT molecular complexity index is 996. The van der Waals surface area contributed by atoms with Gasteiger partial charge in [0, 0.05) is 5.41 Å². The molecule has 5 rings (SSSR count). The summed E-state index contributed by atoms with van der Waals surface area (Å²) < 4.78 is 0. The smallest absolute Gasteiger partial charge is 0.312 e. The Labute approximate surface area is 211 Å². The molecule has 0 amide bonds. The number of oxime groups is 1. The first-order valence-corrected chi connectivity index (χ1v) is 13.9. The number of carbonyl (C=O) groups is 1. The van der Waals surface area contributed by atoms with Crippen molar-refractivity contribution in [1.29, 1.82) is 0 Å². The third-order valence-electron chi connectivity index (χ3n) is 13.0. The summed E-state index contributed by atoms with van der Waals surface area (Å²) in [5.74, 6) is 0.0854. The van der Waals surface area contributed by atoms with Crippen molar-refractivity contribution in [2.24, 2.45) is 55.4 Å². The van der Waals surface area contributed by atoms with Crippen molar-refractivity contribution in [3.63, 3.8) is 0 Å². The molecule has 0 spiro atoms. The monoisotopic (exact) mass is 485 g/mol. The van der Waals surface area contributed by atoms with E-state index in [2.05, 4.69) is 59.7 Å². The highest BCUT2D eigenvalue weighted by Gasteiger charge is 2.70. The largest absolute Gasteiger partial charge is 0.481 e. The van der Waals surface area contributed by atoms with Crippen molar-refractivity contribution in [3.05, 3.63) is 11.6 Å². The van der Waals surface area contributed by atoms with E-state index in [0.29, 0.717) is 24.7 Å². The fraction of sp³-hybridized carbons (Fsp3) is 0.867. The normalized spacial score (nSPS) is 51.3. The fourth-order valence-corrected chi connectivity index (χ4v) is 10.8. The Morgan fingerprint density at radius 1 is 0.971 bits per heavy atom. The highest BCUT2D eigenvalue weighted by atomic mass is 16.4. The van der Waals surface area contributed by atoms with E-state index in [-0.39, 0.29) is 33.0 Å². The lowest BCUT2D eigenvalue weighted by molar-refractivity contribution is -0.195. The van der Waals surface area contributed by atoms with E-state index in [0.717, 1.165) is 50.7 Å². The van der Waals surface area contributed by atoms with Crippen LogP contribution in [0.15, 0.2) is 16.8 Å². The van der Waals surface area contributed by atoms with Crippen LogP contribution in [0.1, 0.15) is 106 Å². The van der Waals surface area contributed by atoms with E-state index in [1.165, 1.54) is 5.57 Å². The van der Waals surface area contributed by atoms with E-state index >= 15 is 0 Å². The molecule has 35 heavy (non-hydrogen) atoms. The number of hydrogen-bond donors (Lipinski definition) is 3. The number of nitrogens with zero attached hydrogens (tertiary/aromatic N) is 1. The number of rotatable bonds is 1. The molecule has 5 heteroatoms. The predicted molar refractivity (Wildman–Crippen MR) is 137 cm³/mol. The number of aliphatic hydroxyl groups excluding tert-OH is 1. The standard InChI is InChI=1S/C30H47NO4/c1-25(2)16-19-18-8-9-21-27(5)12-11-22(31-35)26(3,4)20(27)10-13-29(21,7)28(18,6)14-15-30(19,24(33)34)23(32)17-25/h8,19-21,23,32,35H,9-17H2,1-7H3,(H,33,34)/b31-22+/t19?,20?,21?,23-,27+,28-,29-,30+/m1/s1. The molecule has 4 saturated carbocycles. The zero-order chi connectivity index (χ0) is 25.8. The van der Waals surface area contributed by atoms with Crippen LogP contribution in [0.25, 0.3) is 0 Å². The molecule has 0 aromatic heterocycles. The zero-order valence-electron chi connectivity index (χ0n) is 22.9. The predicted octanol–water partition coefficient (Wildman–Crippen LogP) is 6.67. The number of aliphatic carboxylic acids is 1. The molecule has 196 valence electrons. The molecule has 3 N–H and O–H groups in total. The summed E-state index contributed by atoms with van der Waals surface area (Å²) in [6.45, 7) is 16.4. The number of hydrogen-bond acceptors (Lipinski definition) is 4. The van der Waals surface area contributed by atoms with Gasteiger partial charge in [0.15, 0.2) is 0 Å². The van der Waals surface area contributed by atoms with Crippen LogP contribution in [-0.2, 0) is 4.79 Å². The van der Waals surface area contributed by atoms with Crippen LogP contribution in [0, 0.1) is 50.2 Å². The molecule has 3 unspecified atom stereocenters. The summed E-state index contributed by atoms with van der Waals surface area (Å²) in [7, 11) is 0. The Kier molecular flexibility index (Phi) is 5.32. The highest BCUT2D eigenvalue weighted by molar-refractivity contribution is 5.90. The third kappa shape index (κ3) is 2.97. The minimum absolute atomic E-state index is 0.0594. The Hall–Kier alpha value is -1.36. The van der Waals surface area contributed by atoms with Gasteiger partial charge in [-0.1, -0.05) is 65.3 Å². The molecule has 5 nitrogen and oxygen atoms in total. The average Bonchev–Trinajstić information content (AvgIpc) is 2.73. The van der Waals surface area contributed by atoms with Gasteiger partial charge in [-0.3, -0.25) is 4.79 Å². The van der Waals surface area contributed by atoms with E-state index in [9.17, 15) is 20.2 Å². The van der Waals surface area contributed by atoms with E-state index in [4.69, 9.17) is 0 Å². The molecule has 0 saturated heterocycles. The zero-order valence-corrected chi connectivity index (χ0v) is 22.9. The molecular weight excluding hydrogens is 438 g/mol. The van der Waals surface area contributed by atoms with Gasteiger partial charge in [0.25, 0.3) is 0 Å². The first-order chi connectivity index (χ1) is 16.1. The average molecular weight is 486 g/mol. The van der Waals surface area contributed by atoms with Crippen LogP contribution >= 0.6 is 0 Å². The second kappa shape index (κ2) is 7.36. The van der Waals surface area contributed by atoms with Gasteiger partial charge in [-0.05, 0) is 97.2 Å². The topological polar surface area (TPSA) is 90.1 Å². The Morgan fingerprint density at radius 2 is 1.66 bits per heavy atom.